The lowest BCUT2D eigenvalue weighted by molar-refractivity contribution is -0.143. The van der Waals surface area contributed by atoms with Gasteiger partial charge in [0.15, 0.2) is 0 Å². The topological polar surface area (TPSA) is 478 Å². The molecule has 0 aliphatic rings. The molecule has 446 valence electrons. The third-order valence-corrected chi connectivity index (χ3v) is 11.7. The number of benzene rings is 2. The minimum Gasteiger partial charge on any atom is -0.481 e. The van der Waals surface area contributed by atoms with Crippen molar-refractivity contribution in [2.75, 3.05) is 78.5 Å². The van der Waals surface area contributed by atoms with Crippen LogP contribution in [0.15, 0.2) is 60.7 Å². The number of carbonyl (C=O) groups excluding carboxylic acids is 5. The van der Waals surface area contributed by atoms with Crippen molar-refractivity contribution in [2.24, 2.45) is 0 Å². The third kappa shape index (κ3) is 31.4. The van der Waals surface area contributed by atoms with E-state index in [1.807, 2.05) is 10.6 Å². The second kappa shape index (κ2) is 37.1. The molecule has 0 radical (unpaired) electrons. The largest absolute Gasteiger partial charge is 0.481 e. The first-order valence-corrected chi connectivity index (χ1v) is 25.3. The second-order valence-corrected chi connectivity index (χ2v) is 18.4. The molecule has 31 nitrogen and oxygen atoms in total. The number of rotatable bonds is 43. The number of hydrogen-bond acceptors (Lipinski definition) is 17. The van der Waals surface area contributed by atoms with Crippen molar-refractivity contribution in [3.63, 3.8) is 0 Å². The van der Waals surface area contributed by atoms with Crippen molar-refractivity contribution in [3.05, 3.63) is 71.8 Å². The molecule has 2 aromatic carbocycles. The quantitative estimate of drug-likeness (QED) is 0.0288. The number of nitrogens with one attached hydrogen (secondary N) is 7. The number of amides is 6. The summed E-state index contributed by atoms with van der Waals surface area (Å²) in [5.41, 5.74) is 1.34. The zero-order chi connectivity index (χ0) is 60.4. The van der Waals surface area contributed by atoms with Crippen LogP contribution in [0.1, 0.15) is 49.7 Å². The van der Waals surface area contributed by atoms with Gasteiger partial charge in [-0.05, 0) is 36.8 Å². The molecule has 15 N–H and O–H groups in total. The van der Waals surface area contributed by atoms with E-state index in [9.17, 15) is 98.1 Å². The molecule has 0 fully saturated rings. The van der Waals surface area contributed by atoms with E-state index < -0.39 is 166 Å². The Balaban J connectivity index is 2.10. The molecule has 0 saturated carbocycles. The van der Waals surface area contributed by atoms with Gasteiger partial charge in [-0.25, -0.2) is 14.4 Å². The highest BCUT2D eigenvalue weighted by molar-refractivity contribution is 5.89. The zero-order valence-electron chi connectivity index (χ0n) is 44.0. The Hall–Kier alpha value is -8.81. The van der Waals surface area contributed by atoms with Gasteiger partial charge >= 0.3 is 53.8 Å². The lowest BCUT2D eigenvalue weighted by atomic mass is 10.0. The maximum Gasteiger partial charge on any atom is 0.326 e. The molecule has 0 spiro atoms. The average Bonchev–Trinajstić information content (AvgIpc) is 3.37. The zero-order valence-corrected chi connectivity index (χ0v) is 44.0. The van der Waals surface area contributed by atoms with E-state index in [1.165, 1.54) is 9.80 Å². The lowest BCUT2D eigenvalue weighted by Crippen LogP contribution is -2.55. The van der Waals surface area contributed by atoms with Crippen LogP contribution in [0, 0.1) is 0 Å². The molecular weight excluding hydrogens is 1080 g/mol. The number of hydrogen-bond donors (Lipinski definition) is 15. The average molecular weight is 1150 g/mol. The van der Waals surface area contributed by atoms with Crippen LogP contribution in [-0.4, -0.2) is 242 Å². The van der Waals surface area contributed by atoms with Crippen LogP contribution in [0.2, 0.25) is 0 Å². The van der Waals surface area contributed by atoms with Crippen molar-refractivity contribution in [3.8, 4) is 0 Å². The Kier molecular flexibility index (Phi) is 31.3. The monoisotopic (exact) mass is 1150 g/mol. The molecule has 0 aromatic heterocycles. The lowest BCUT2D eigenvalue weighted by Gasteiger charge is -2.28. The van der Waals surface area contributed by atoms with Gasteiger partial charge in [0, 0.05) is 77.5 Å². The smallest absolute Gasteiger partial charge is 0.326 e. The standard InChI is InChI=1S/C50H70N10O21/c61-38(51-17-18-52-39(62)15-12-35(48(77)78)56-50(81)57-36(49(79)80)13-16-41(64)65)14-11-34(47(75)76)53-25-33(23-31-7-3-1-4-8-31)54-46(74)37(24-32-9-5-2-6-10-32)55-40(63)26-59(28-43(68)69)21-19-58(27-42(66)67)20-22-60(29-44(70)71)30-45(72)73/h1-10,33-37,53H,11-30H2,(H,51,61)(H,52,62)(H,54,74)(H,55,63)(H,64,65)(H,66,67)(H,68,69)(H,70,71)(H,72,73)(H,75,76)(H,77,78)(H,79,80)(H2,56,57,81)/t33?,34-,35+,36+,37?/m1/s1. The van der Waals surface area contributed by atoms with E-state index in [0.29, 0.717) is 5.56 Å². The van der Waals surface area contributed by atoms with Gasteiger partial charge in [-0.2, -0.15) is 0 Å². The molecule has 5 atom stereocenters. The molecule has 81 heavy (non-hydrogen) atoms. The first-order chi connectivity index (χ1) is 38.3. The van der Waals surface area contributed by atoms with Gasteiger partial charge in [0.05, 0.1) is 32.7 Å². The van der Waals surface area contributed by atoms with E-state index in [0.717, 1.165) is 10.5 Å². The van der Waals surface area contributed by atoms with Crippen LogP contribution in [0.25, 0.3) is 0 Å². The molecule has 0 aliphatic carbocycles. The first-order valence-electron chi connectivity index (χ1n) is 25.3. The number of urea groups is 1. The van der Waals surface area contributed by atoms with Gasteiger partial charge in [0.1, 0.15) is 24.2 Å². The molecule has 2 aromatic rings. The number of carboxylic acids is 8. The van der Waals surface area contributed by atoms with Crippen LogP contribution >= 0.6 is 0 Å². The van der Waals surface area contributed by atoms with Crippen LogP contribution in [0.3, 0.4) is 0 Å². The summed E-state index contributed by atoms with van der Waals surface area (Å²) in [6.07, 6.45) is -2.41. The van der Waals surface area contributed by atoms with Crippen molar-refractivity contribution in [1.29, 1.82) is 0 Å². The van der Waals surface area contributed by atoms with Crippen molar-refractivity contribution >= 4 is 77.4 Å². The molecule has 6 amide bonds. The van der Waals surface area contributed by atoms with Gasteiger partial charge in [0.2, 0.25) is 23.6 Å². The van der Waals surface area contributed by atoms with Crippen molar-refractivity contribution in [1.82, 2.24) is 51.9 Å². The third-order valence-electron chi connectivity index (χ3n) is 11.7. The number of carboxylic acid groups (broad SMARTS) is 8. The minimum absolute atomic E-state index is 0.0600. The predicted octanol–water partition coefficient (Wildman–Crippen LogP) is -3.41. The predicted molar refractivity (Wildman–Crippen MR) is 279 cm³/mol. The van der Waals surface area contributed by atoms with Crippen molar-refractivity contribution < 1.29 is 103 Å². The summed E-state index contributed by atoms with van der Waals surface area (Å²) >= 11 is 0. The summed E-state index contributed by atoms with van der Waals surface area (Å²) in [6, 6.07) is 9.36. The van der Waals surface area contributed by atoms with Crippen LogP contribution in [0.4, 0.5) is 4.79 Å². The Bertz CT molecular complexity index is 2440. The maximum atomic E-state index is 14.2. The molecule has 31 heteroatoms. The van der Waals surface area contributed by atoms with Gasteiger partial charge in [-0.15, -0.1) is 0 Å². The second-order valence-electron chi connectivity index (χ2n) is 18.4. The molecule has 0 saturated heterocycles. The normalized spacial score (nSPS) is 12.9. The summed E-state index contributed by atoms with van der Waals surface area (Å²) in [5, 5.41) is 92.6. The fraction of sp³-hybridized carbons (Fsp3) is 0.500. The van der Waals surface area contributed by atoms with Gasteiger partial charge < -0.3 is 78.1 Å². The van der Waals surface area contributed by atoms with Crippen LogP contribution in [0.5, 0.6) is 0 Å². The minimum atomic E-state index is -1.64. The van der Waals surface area contributed by atoms with Crippen LogP contribution < -0.4 is 37.2 Å². The molecule has 0 heterocycles. The Morgan fingerprint density at radius 3 is 1.22 bits per heavy atom. The SMILES string of the molecule is O=C(O)CC[C@H](NC(=O)N[C@@H](CCC(=O)NCCNC(=O)CC[C@@H](NCC(Cc1ccccc1)NC(=O)C(Cc1ccccc1)NC(=O)CN(CCN(CCN(CC(=O)O)CC(=O)O)CC(=O)O)CC(=O)O)C(=O)O)C(=O)O)C(=O)O. The summed E-state index contributed by atoms with van der Waals surface area (Å²) in [4.78, 5) is 161. The van der Waals surface area contributed by atoms with Gasteiger partial charge in [0.25, 0.3) is 0 Å². The molecule has 0 bridgehead atoms. The van der Waals surface area contributed by atoms with E-state index in [1.54, 1.807) is 60.7 Å². The Labute approximate surface area is 463 Å². The van der Waals surface area contributed by atoms with Gasteiger partial charge in [-0.3, -0.25) is 62.6 Å². The summed E-state index contributed by atoms with van der Waals surface area (Å²) in [7, 11) is 0. The first kappa shape index (κ1) is 68.3. The Morgan fingerprint density at radius 2 is 0.790 bits per heavy atom. The molecule has 2 unspecified atom stereocenters. The summed E-state index contributed by atoms with van der Waals surface area (Å²) in [6.45, 7) is -4.30. The van der Waals surface area contributed by atoms with Crippen molar-refractivity contribution in [2.45, 2.75) is 81.6 Å². The van der Waals surface area contributed by atoms with E-state index in [-0.39, 0.29) is 71.5 Å². The van der Waals surface area contributed by atoms with Gasteiger partial charge in [-0.1, -0.05) is 60.7 Å². The highest BCUT2D eigenvalue weighted by Crippen LogP contribution is 2.09. The van der Waals surface area contributed by atoms with E-state index in [2.05, 4.69) is 26.6 Å². The van der Waals surface area contributed by atoms with E-state index in [4.69, 9.17) is 5.11 Å². The molecule has 0 aliphatic heterocycles. The number of nitrogens with zero attached hydrogens (tertiary/aromatic N) is 3. The number of carbonyl (C=O) groups is 13. The maximum absolute atomic E-state index is 14.2. The fourth-order valence-corrected chi connectivity index (χ4v) is 7.78. The fourth-order valence-electron chi connectivity index (χ4n) is 7.78. The molecular formula is C50H70N10O21. The highest BCUT2D eigenvalue weighted by atomic mass is 16.4. The summed E-state index contributed by atoms with van der Waals surface area (Å²) in [5.74, 6) is -13.8. The highest BCUT2D eigenvalue weighted by Gasteiger charge is 2.29. The molecule has 2 rings (SSSR count). The van der Waals surface area contributed by atoms with Crippen LogP contribution in [-0.2, 0) is 70.4 Å². The Morgan fingerprint density at radius 1 is 0.395 bits per heavy atom. The number of aliphatic carboxylic acids is 8. The van der Waals surface area contributed by atoms with E-state index >= 15 is 0 Å². The summed E-state index contributed by atoms with van der Waals surface area (Å²) < 4.78 is 0.